The van der Waals surface area contributed by atoms with E-state index in [1.54, 1.807) is 48.5 Å². The summed E-state index contributed by atoms with van der Waals surface area (Å²) in [7, 11) is -2.36. The first-order valence-corrected chi connectivity index (χ1v) is 11.2. The van der Waals surface area contributed by atoms with E-state index in [4.69, 9.17) is 32.7 Å². The standard InChI is InChI=1S/C21H18Cl2N2O5S/c1-29-20-9-7-14(22)11-18(20)24-21(26)13-30-19-10-8-16(12-17(19)23)31(27,28)25-15-5-3-2-4-6-15/h2-12,25H,13H2,1H3,(H,24,26). The van der Waals surface area contributed by atoms with Crippen molar-refractivity contribution in [3.63, 3.8) is 0 Å². The summed E-state index contributed by atoms with van der Waals surface area (Å²) in [5.74, 6) is 0.129. The second-order valence-electron chi connectivity index (χ2n) is 6.25. The molecule has 0 heterocycles. The molecular formula is C21H18Cl2N2O5S. The molecule has 0 bridgehead atoms. The van der Waals surface area contributed by atoms with Crippen LogP contribution in [-0.2, 0) is 14.8 Å². The van der Waals surface area contributed by atoms with Crippen molar-refractivity contribution in [2.75, 3.05) is 23.8 Å². The van der Waals surface area contributed by atoms with Crippen LogP contribution in [0.15, 0.2) is 71.6 Å². The van der Waals surface area contributed by atoms with Crippen LogP contribution in [0, 0.1) is 0 Å². The lowest BCUT2D eigenvalue weighted by molar-refractivity contribution is -0.118. The van der Waals surface area contributed by atoms with Crippen LogP contribution in [0.2, 0.25) is 10.0 Å². The number of methoxy groups -OCH3 is 1. The summed E-state index contributed by atoms with van der Waals surface area (Å²) >= 11 is 12.1. The van der Waals surface area contributed by atoms with Crippen molar-refractivity contribution in [3.05, 3.63) is 76.8 Å². The molecule has 0 aliphatic rings. The van der Waals surface area contributed by atoms with Crippen molar-refractivity contribution in [1.29, 1.82) is 0 Å². The number of nitrogens with one attached hydrogen (secondary N) is 2. The number of sulfonamides is 1. The molecule has 2 N–H and O–H groups in total. The Bertz CT molecular complexity index is 1190. The van der Waals surface area contributed by atoms with Gasteiger partial charge in [-0.1, -0.05) is 41.4 Å². The van der Waals surface area contributed by atoms with Gasteiger partial charge in [-0.15, -0.1) is 0 Å². The molecule has 0 spiro atoms. The monoisotopic (exact) mass is 480 g/mol. The summed E-state index contributed by atoms with van der Waals surface area (Å²) in [6.07, 6.45) is 0. The van der Waals surface area contributed by atoms with E-state index in [1.165, 1.54) is 25.3 Å². The normalized spacial score (nSPS) is 10.9. The van der Waals surface area contributed by atoms with Gasteiger partial charge in [-0.25, -0.2) is 8.42 Å². The number of carbonyl (C=O) groups is 1. The summed E-state index contributed by atoms with van der Waals surface area (Å²) in [4.78, 5) is 12.2. The Morgan fingerprint density at radius 1 is 0.968 bits per heavy atom. The molecule has 0 aliphatic carbocycles. The fraction of sp³-hybridized carbons (Fsp3) is 0.0952. The van der Waals surface area contributed by atoms with Gasteiger partial charge < -0.3 is 14.8 Å². The summed E-state index contributed by atoms with van der Waals surface area (Å²) in [6, 6.07) is 17.2. The molecule has 3 aromatic rings. The number of para-hydroxylation sites is 1. The summed E-state index contributed by atoms with van der Waals surface area (Å²) < 4.78 is 38.1. The lowest BCUT2D eigenvalue weighted by Crippen LogP contribution is -2.20. The quantitative estimate of drug-likeness (QED) is 0.481. The van der Waals surface area contributed by atoms with Crippen molar-refractivity contribution < 1.29 is 22.7 Å². The van der Waals surface area contributed by atoms with Crippen LogP contribution < -0.4 is 19.5 Å². The van der Waals surface area contributed by atoms with Crippen LogP contribution in [0.1, 0.15) is 0 Å². The van der Waals surface area contributed by atoms with Gasteiger partial charge in [0.1, 0.15) is 11.5 Å². The average molecular weight is 481 g/mol. The van der Waals surface area contributed by atoms with Crippen molar-refractivity contribution in [1.82, 2.24) is 0 Å². The van der Waals surface area contributed by atoms with Gasteiger partial charge >= 0.3 is 0 Å². The van der Waals surface area contributed by atoms with E-state index in [9.17, 15) is 13.2 Å². The molecule has 0 aliphatic heterocycles. The Labute approximate surface area is 189 Å². The Hall–Kier alpha value is -2.94. The van der Waals surface area contributed by atoms with E-state index in [2.05, 4.69) is 10.0 Å². The van der Waals surface area contributed by atoms with E-state index in [0.717, 1.165) is 0 Å². The molecule has 31 heavy (non-hydrogen) atoms. The van der Waals surface area contributed by atoms with Gasteiger partial charge in [0.15, 0.2) is 6.61 Å². The van der Waals surface area contributed by atoms with Gasteiger partial charge in [0.25, 0.3) is 15.9 Å². The molecular weight excluding hydrogens is 463 g/mol. The topological polar surface area (TPSA) is 93.7 Å². The highest BCUT2D eigenvalue weighted by atomic mass is 35.5. The smallest absolute Gasteiger partial charge is 0.262 e. The number of rotatable bonds is 8. The number of hydrogen-bond acceptors (Lipinski definition) is 5. The number of halogens is 2. The fourth-order valence-electron chi connectivity index (χ4n) is 2.59. The van der Waals surface area contributed by atoms with Crippen LogP contribution >= 0.6 is 23.2 Å². The van der Waals surface area contributed by atoms with Crippen LogP contribution in [0.4, 0.5) is 11.4 Å². The predicted molar refractivity (Wildman–Crippen MR) is 121 cm³/mol. The maximum atomic E-state index is 12.5. The predicted octanol–water partition coefficient (Wildman–Crippen LogP) is 4.82. The second kappa shape index (κ2) is 9.91. The zero-order valence-corrected chi connectivity index (χ0v) is 18.6. The molecule has 3 rings (SSSR count). The maximum absolute atomic E-state index is 12.5. The molecule has 10 heteroatoms. The van der Waals surface area contributed by atoms with Crippen LogP contribution in [0.25, 0.3) is 0 Å². The molecule has 0 atom stereocenters. The summed E-state index contributed by atoms with van der Waals surface area (Å²) in [6.45, 7) is -0.357. The first kappa shape index (κ1) is 22.7. The van der Waals surface area contributed by atoms with Crippen LogP contribution in [-0.4, -0.2) is 28.0 Å². The van der Waals surface area contributed by atoms with Gasteiger partial charge in [-0.05, 0) is 48.5 Å². The number of anilines is 2. The lowest BCUT2D eigenvalue weighted by atomic mass is 10.3. The average Bonchev–Trinajstić information content (AvgIpc) is 2.73. The highest BCUT2D eigenvalue weighted by molar-refractivity contribution is 7.92. The number of benzene rings is 3. The van der Waals surface area contributed by atoms with Gasteiger partial charge in [-0.3, -0.25) is 9.52 Å². The molecule has 162 valence electrons. The molecule has 7 nitrogen and oxygen atoms in total. The third-order valence-corrected chi connectivity index (χ3v) is 5.94. The molecule has 0 saturated heterocycles. The Morgan fingerprint density at radius 2 is 1.68 bits per heavy atom. The Balaban J connectivity index is 1.65. The minimum Gasteiger partial charge on any atom is -0.495 e. The van der Waals surface area contributed by atoms with Crippen LogP contribution in [0.3, 0.4) is 0 Å². The zero-order chi connectivity index (χ0) is 22.4. The van der Waals surface area contributed by atoms with Gasteiger partial charge in [0.05, 0.1) is 22.7 Å². The fourth-order valence-corrected chi connectivity index (χ4v) is 4.15. The van der Waals surface area contributed by atoms with E-state index < -0.39 is 15.9 Å². The largest absolute Gasteiger partial charge is 0.495 e. The first-order valence-electron chi connectivity index (χ1n) is 8.92. The van der Waals surface area contributed by atoms with Crippen molar-refractivity contribution in [2.24, 2.45) is 0 Å². The van der Waals surface area contributed by atoms with Gasteiger partial charge in [-0.2, -0.15) is 0 Å². The molecule has 0 aromatic heterocycles. The van der Waals surface area contributed by atoms with Crippen molar-refractivity contribution in [2.45, 2.75) is 4.90 Å². The SMILES string of the molecule is COc1ccc(Cl)cc1NC(=O)COc1ccc(S(=O)(=O)Nc2ccccc2)cc1Cl. The Kier molecular flexibility index (Phi) is 7.27. The first-order chi connectivity index (χ1) is 14.8. The second-order valence-corrected chi connectivity index (χ2v) is 8.77. The number of amides is 1. The maximum Gasteiger partial charge on any atom is 0.262 e. The van der Waals surface area contributed by atoms with E-state index in [-0.39, 0.29) is 22.3 Å². The van der Waals surface area contributed by atoms with Crippen molar-refractivity contribution >= 4 is 50.5 Å². The molecule has 0 saturated carbocycles. The molecule has 0 unspecified atom stereocenters. The third-order valence-electron chi connectivity index (χ3n) is 4.03. The summed E-state index contributed by atoms with van der Waals surface area (Å²) in [5, 5.41) is 3.11. The van der Waals surface area contributed by atoms with Gasteiger partial charge in [0.2, 0.25) is 0 Å². The lowest BCUT2D eigenvalue weighted by Gasteiger charge is -2.13. The Morgan fingerprint density at radius 3 is 2.35 bits per heavy atom. The molecule has 1 amide bonds. The number of ether oxygens (including phenoxy) is 2. The number of hydrogen-bond donors (Lipinski definition) is 2. The van der Waals surface area contributed by atoms with Gasteiger partial charge in [0, 0.05) is 10.7 Å². The highest BCUT2D eigenvalue weighted by Crippen LogP contribution is 2.29. The zero-order valence-electron chi connectivity index (χ0n) is 16.3. The molecule has 0 radical (unpaired) electrons. The minimum atomic E-state index is -3.83. The highest BCUT2D eigenvalue weighted by Gasteiger charge is 2.17. The number of carbonyl (C=O) groups excluding carboxylic acids is 1. The van der Waals surface area contributed by atoms with E-state index in [1.807, 2.05) is 0 Å². The van der Waals surface area contributed by atoms with E-state index >= 15 is 0 Å². The van der Waals surface area contributed by atoms with Crippen LogP contribution in [0.5, 0.6) is 11.5 Å². The minimum absolute atomic E-state index is 0.0400. The molecule has 3 aromatic carbocycles. The third kappa shape index (κ3) is 6.04. The van der Waals surface area contributed by atoms with Crippen molar-refractivity contribution in [3.8, 4) is 11.5 Å². The molecule has 0 fully saturated rings. The van der Waals surface area contributed by atoms with E-state index in [0.29, 0.717) is 22.1 Å². The summed E-state index contributed by atoms with van der Waals surface area (Å²) in [5.41, 5.74) is 0.815.